The second kappa shape index (κ2) is 5.77. The number of nitrogen functional groups attached to an aromatic ring is 1. The number of benzene rings is 2. The van der Waals surface area contributed by atoms with Crippen molar-refractivity contribution in [3.8, 4) is 5.75 Å². The van der Waals surface area contributed by atoms with E-state index in [9.17, 15) is 4.79 Å². The third-order valence-corrected chi connectivity index (χ3v) is 4.13. The third kappa shape index (κ3) is 3.03. The summed E-state index contributed by atoms with van der Waals surface area (Å²) in [7, 11) is 0. The van der Waals surface area contributed by atoms with Gasteiger partial charge >= 0.3 is 0 Å². The first-order valence-corrected chi connectivity index (χ1v) is 7.50. The summed E-state index contributed by atoms with van der Waals surface area (Å²) in [5.74, 6) is 0.746. The Balaban J connectivity index is 1.61. The Kier molecular flexibility index (Phi) is 3.84. The summed E-state index contributed by atoms with van der Waals surface area (Å²) in [6.07, 6.45) is 0.792. The van der Waals surface area contributed by atoms with E-state index in [1.807, 2.05) is 24.3 Å². The zero-order valence-electron chi connectivity index (χ0n) is 11.3. The Labute approximate surface area is 131 Å². The van der Waals surface area contributed by atoms with Crippen molar-refractivity contribution in [3.05, 3.63) is 58.1 Å². The standard InChI is InChI=1S/C16H15BrN2O2/c17-14-6-5-11(18)8-13(14)16(20)19-9-12-7-10-3-1-2-4-15(10)21-12/h1-6,8,12H,7,9,18H2,(H,19,20). The van der Waals surface area contributed by atoms with Crippen LogP contribution in [0.5, 0.6) is 5.75 Å². The van der Waals surface area contributed by atoms with Crippen LogP contribution in [0.15, 0.2) is 46.9 Å². The van der Waals surface area contributed by atoms with Crippen LogP contribution < -0.4 is 15.8 Å². The van der Waals surface area contributed by atoms with E-state index in [0.717, 1.165) is 16.6 Å². The van der Waals surface area contributed by atoms with E-state index in [1.54, 1.807) is 18.2 Å². The molecular formula is C16H15BrN2O2. The highest BCUT2D eigenvalue weighted by Gasteiger charge is 2.23. The second-order valence-corrected chi connectivity index (χ2v) is 5.86. The second-order valence-electron chi connectivity index (χ2n) is 5.00. The van der Waals surface area contributed by atoms with Crippen LogP contribution in [0.25, 0.3) is 0 Å². The van der Waals surface area contributed by atoms with Crippen LogP contribution in [0.1, 0.15) is 15.9 Å². The lowest BCUT2D eigenvalue weighted by molar-refractivity contribution is 0.0933. The van der Waals surface area contributed by atoms with Crippen LogP contribution in [0.2, 0.25) is 0 Å². The van der Waals surface area contributed by atoms with Gasteiger partial charge in [0.15, 0.2) is 0 Å². The van der Waals surface area contributed by atoms with Crippen LogP contribution in [-0.2, 0) is 6.42 Å². The van der Waals surface area contributed by atoms with Gasteiger partial charge in [-0.3, -0.25) is 4.79 Å². The topological polar surface area (TPSA) is 64.4 Å². The van der Waals surface area contributed by atoms with Crippen molar-refractivity contribution in [2.24, 2.45) is 0 Å². The molecule has 0 saturated heterocycles. The van der Waals surface area contributed by atoms with Crippen LogP contribution in [-0.4, -0.2) is 18.6 Å². The molecule has 1 aliphatic rings. The summed E-state index contributed by atoms with van der Waals surface area (Å²) < 4.78 is 6.52. The Morgan fingerprint density at radius 2 is 2.14 bits per heavy atom. The first-order chi connectivity index (χ1) is 10.1. The number of ether oxygens (including phenoxy) is 1. The molecule has 0 aliphatic carbocycles. The molecule has 1 aliphatic heterocycles. The maximum atomic E-state index is 12.2. The molecule has 1 amide bonds. The fourth-order valence-electron chi connectivity index (χ4n) is 2.39. The van der Waals surface area contributed by atoms with Crippen LogP contribution in [0.4, 0.5) is 5.69 Å². The first-order valence-electron chi connectivity index (χ1n) is 6.71. The lowest BCUT2D eigenvalue weighted by Crippen LogP contribution is -2.34. The molecule has 2 aromatic carbocycles. The molecule has 5 heteroatoms. The van der Waals surface area contributed by atoms with E-state index in [-0.39, 0.29) is 12.0 Å². The fourth-order valence-corrected chi connectivity index (χ4v) is 2.81. The molecule has 1 heterocycles. The van der Waals surface area contributed by atoms with E-state index < -0.39 is 0 Å². The lowest BCUT2D eigenvalue weighted by atomic mass is 10.1. The Hall–Kier alpha value is -2.01. The zero-order chi connectivity index (χ0) is 14.8. The van der Waals surface area contributed by atoms with Crippen molar-refractivity contribution in [1.82, 2.24) is 5.32 Å². The highest BCUT2D eigenvalue weighted by molar-refractivity contribution is 9.10. The smallest absolute Gasteiger partial charge is 0.252 e. The summed E-state index contributed by atoms with van der Waals surface area (Å²) in [5, 5.41) is 2.89. The van der Waals surface area contributed by atoms with Crippen molar-refractivity contribution in [3.63, 3.8) is 0 Å². The molecule has 21 heavy (non-hydrogen) atoms. The molecule has 0 bridgehead atoms. The van der Waals surface area contributed by atoms with Gasteiger partial charge in [-0.05, 0) is 45.8 Å². The highest BCUT2D eigenvalue weighted by atomic mass is 79.9. The quantitative estimate of drug-likeness (QED) is 0.840. The molecule has 4 nitrogen and oxygen atoms in total. The molecule has 0 aromatic heterocycles. The van der Waals surface area contributed by atoms with Gasteiger partial charge < -0.3 is 15.8 Å². The number of amides is 1. The molecule has 108 valence electrons. The van der Waals surface area contributed by atoms with Gasteiger partial charge in [0, 0.05) is 16.6 Å². The van der Waals surface area contributed by atoms with Gasteiger partial charge in [0.1, 0.15) is 11.9 Å². The number of halogens is 1. The molecule has 0 spiro atoms. The number of hydrogen-bond acceptors (Lipinski definition) is 3. The normalized spacial score (nSPS) is 16.1. The van der Waals surface area contributed by atoms with Gasteiger partial charge in [-0.15, -0.1) is 0 Å². The van der Waals surface area contributed by atoms with Gasteiger partial charge in [-0.1, -0.05) is 18.2 Å². The van der Waals surface area contributed by atoms with Gasteiger partial charge in [0.2, 0.25) is 0 Å². The van der Waals surface area contributed by atoms with E-state index in [2.05, 4.69) is 21.2 Å². The largest absolute Gasteiger partial charge is 0.488 e. The minimum atomic E-state index is -0.159. The maximum Gasteiger partial charge on any atom is 0.252 e. The van der Waals surface area contributed by atoms with Crippen LogP contribution >= 0.6 is 15.9 Å². The summed E-state index contributed by atoms with van der Waals surface area (Å²) >= 11 is 3.36. The van der Waals surface area contributed by atoms with Crippen molar-refractivity contribution in [2.75, 3.05) is 12.3 Å². The number of nitrogens with two attached hydrogens (primary N) is 1. The van der Waals surface area contributed by atoms with Gasteiger partial charge in [0.05, 0.1) is 12.1 Å². The van der Waals surface area contributed by atoms with Gasteiger partial charge in [-0.2, -0.15) is 0 Å². The molecular weight excluding hydrogens is 332 g/mol. The third-order valence-electron chi connectivity index (χ3n) is 3.44. The molecule has 2 aromatic rings. The SMILES string of the molecule is Nc1ccc(Br)c(C(=O)NCC2Cc3ccccc3O2)c1. The molecule has 3 rings (SSSR count). The summed E-state index contributed by atoms with van der Waals surface area (Å²) in [6, 6.07) is 13.1. The van der Waals surface area contributed by atoms with E-state index in [4.69, 9.17) is 10.5 Å². The van der Waals surface area contributed by atoms with E-state index in [1.165, 1.54) is 5.56 Å². The van der Waals surface area contributed by atoms with Crippen molar-refractivity contribution in [1.29, 1.82) is 0 Å². The molecule has 0 fully saturated rings. The molecule has 3 N–H and O–H groups in total. The summed E-state index contributed by atoms with van der Waals surface area (Å²) in [6.45, 7) is 0.467. The van der Waals surface area contributed by atoms with E-state index in [0.29, 0.717) is 17.8 Å². The Bertz CT molecular complexity index is 663. The Morgan fingerprint density at radius 1 is 1.33 bits per heavy atom. The number of hydrogen-bond donors (Lipinski definition) is 2. The fraction of sp³-hybridized carbons (Fsp3) is 0.188. The molecule has 0 saturated carbocycles. The van der Waals surface area contributed by atoms with Crippen molar-refractivity contribution in [2.45, 2.75) is 12.5 Å². The average Bonchev–Trinajstić information content (AvgIpc) is 2.90. The first kappa shape index (κ1) is 13.9. The Morgan fingerprint density at radius 3 is 2.95 bits per heavy atom. The predicted octanol–water partition coefficient (Wildman–Crippen LogP) is 2.76. The number of rotatable bonds is 3. The van der Waals surface area contributed by atoms with E-state index >= 15 is 0 Å². The number of fused-ring (bicyclic) bond motifs is 1. The van der Waals surface area contributed by atoms with Crippen molar-refractivity contribution >= 4 is 27.5 Å². The minimum Gasteiger partial charge on any atom is -0.488 e. The van der Waals surface area contributed by atoms with Crippen molar-refractivity contribution < 1.29 is 9.53 Å². The number of carbonyl (C=O) groups excluding carboxylic acids is 1. The molecule has 1 unspecified atom stereocenters. The number of para-hydroxylation sites is 1. The monoisotopic (exact) mass is 346 g/mol. The van der Waals surface area contributed by atoms with Crippen LogP contribution in [0.3, 0.4) is 0 Å². The predicted molar refractivity (Wildman–Crippen MR) is 85.4 cm³/mol. The van der Waals surface area contributed by atoms with Crippen LogP contribution in [0, 0.1) is 0 Å². The summed E-state index contributed by atoms with van der Waals surface area (Å²) in [5.41, 5.74) is 7.99. The number of nitrogens with one attached hydrogen (secondary N) is 1. The van der Waals surface area contributed by atoms with Gasteiger partial charge in [-0.25, -0.2) is 0 Å². The van der Waals surface area contributed by atoms with Gasteiger partial charge in [0.25, 0.3) is 5.91 Å². The minimum absolute atomic E-state index is 0.0221. The maximum absolute atomic E-state index is 12.2. The summed E-state index contributed by atoms with van der Waals surface area (Å²) in [4.78, 5) is 12.2. The average molecular weight is 347 g/mol. The molecule has 1 atom stereocenters. The molecule has 0 radical (unpaired) electrons. The number of anilines is 1. The number of carbonyl (C=O) groups is 1. The zero-order valence-corrected chi connectivity index (χ0v) is 12.9. The lowest BCUT2D eigenvalue weighted by Gasteiger charge is -2.12. The highest BCUT2D eigenvalue weighted by Crippen LogP contribution is 2.27.